The second-order valence-corrected chi connectivity index (χ2v) is 2.66. The number of amides is 1. The van der Waals surface area contributed by atoms with Crippen LogP contribution in [0.4, 0.5) is 0 Å². The zero-order valence-corrected chi connectivity index (χ0v) is 6.25. The van der Waals surface area contributed by atoms with E-state index in [0.29, 0.717) is 0 Å². The van der Waals surface area contributed by atoms with Gasteiger partial charge in [-0.3, -0.25) is 4.79 Å². The summed E-state index contributed by atoms with van der Waals surface area (Å²) in [6.07, 6.45) is -4.76. The van der Waals surface area contributed by atoms with Crippen molar-refractivity contribution in [2.24, 2.45) is 5.73 Å². The van der Waals surface area contributed by atoms with E-state index in [4.69, 9.17) is 25.8 Å². The van der Waals surface area contributed by atoms with E-state index in [9.17, 15) is 4.79 Å². The van der Waals surface area contributed by atoms with Crippen molar-refractivity contribution in [1.82, 2.24) is 0 Å². The standard InChI is InChI=1S/C6H11NO5/c7-6(11)5-4(10)3(9)2(1-8)12-5/h2-5,8-10H,1H2,(H2,7,11)/t2-,3-,4-,5?/m1/s1. The van der Waals surface area contributed by atoms with Crippen molar-refractivity contribution in [3.8, 4) is 0 Å². The average molecular weight is 177 g/mol. The molecule has 1 rings (SSSR count). The highest BCUT2D eigenvalue weighted by Crippen LogP contribution is 2.20. The molecule has 1 aliphatic heterocycles. The number of nitrogens with two attached hydrogens (primary N) is 1. The molecule has 1 saturated heterocycles. The van der Waals surface area contributed by atoms with E-state index in [-0.39, 0.29) is 0 Å². The van der Waals surface area contributed by atoms with E-state index >= 15 is 0 Å². The summed E-state index contributed by atoms with van der Waals surface area (Å²) in [6.45, 7) is -0.456. The van der Waals surface area contributed by atoms with Gasteiger partial charge in [0.15, 0.2) is 6.10 Å². The summed E-state index contributed by atoms with van der Waals surface area (Å²) in [5.41, 5.74) is 4.85. The van der Waals surface area contributed by atoms with E-state index in [1.54, 1.807) is 0 Å². The minimum Gasteiger partial charge on any atom is -0.394 e. The quantitative estimate of drug-likeness (QED) is 0.358. The Morgan fingerprint density at radius 3 is 2.25 bits per heavy atom. The topological polar surface area (TPSA) is 113 Å². The van der Waals surface area contributed by atoms with E-state index in [1.165, 1.54) is 0 Å². The summed E-state index contributed by atoms with van der Waals surface area (Å²) in [5, 5.41) is 26.9. The van der Waals surface area contributed by atoms with Crippen molar-refractivity contribution in [3.05, 3.63) is 0 Å². The van der Waals surface area contributed by atoms with Gasteiger partial charge in [-0.2, -0.15) is 0 Å². The molecular formula is C6H11NO5. The highest BCUT2D eigenvalue weighted by atomic mass is 16.6. The highest BCUT2D eigenvalue weighted by Gasteiger charge is 2.44. The monoisotopic (exact) mass is 177 g/mol. The van der Waals surface area contributed by atoms with Gasteiger partial charge >= 0.3 is 0 Å². The average Bonchev–Trinajstić information content (AvgIpc) is 2.30. The number of rotatable bonds is 2. The molecule has 5 N–H and O–H groups in total. The first-order chi connectivity index (χ1) is 5.57. The molecule has 12 heavy (non-hydrogen) atoms. The van der Waals surface area contributed by atoms with Crippen LogP contribution < -0.4 is 5.73 Å². The zero-order chi connectivity index (χ0) is 9.30. The van der Waals surface area contributed by atoms with Gasteiger partial charge in [0.2, 0.25) is 5.91 Å². The largest absolute Gasteiger partial charge is 0.394 e. The number of carbonyl (C=O) groups excluding carboxylic acids is 1. The summed E-state index contributed by atoms with van der Waals surface area (Å²) >= 11 is 0. The van der Waals surface area contributed by atoms with E-state index in [2.05, 4.69) is 0 Å². The van der Waals surface area contributed by atoms with Gasteiger partial charge in [-0.15, -0.1) is 0 Å². The van der Waals surface area contributed by atoms with Crippen LogP contribution in [0.25, 0.3) is 0 Å². The number of ether oxygens (including phenoxy) is 1. The van der Waals surface area contributed by atoms with Gasteiger partial charge in [0.25, 0.3) is 0 Å². The summed E-state index contributed by atoms with van der Waals surface area (Å²) in [4.78, 5) is 10.6. The number of aliphatic hydroxyl groups is 3. The van der Waals surface area contributed by atoms with Crippen molar-refractivity contribution >= 4 is 5.91 Å². The molecule has 1 fully saturated rings. The SMILES string of the molecule is NC(=O)C1O[C@H](CO)[C@@H](O)[C@H]1O. The minimum absolute atomic E-state index is 0.456. The third-order valence-corrected chi connectivity index (χ3v) is 1.82. The molecule has 1 aliphatic rings. The van der Waals surface area contributed by atoms with Gasteiger partial charge in [0, 0.05) is 0 Å². The third kappa shape index (κ3) is 1.42. The molecule has 0 aromatic rings. The van der Waals surface area contributed by atoms with Crippen LogP contribution in [0.3, 0.4) is 0 Å². The first-order valence-electron chi connectivity index (χ1n) is 3.49. The summed E-state index contributed by atoms with van der Waals surface area (Å²) in [5.74, 6) is -0.850. The van der Waals surface area contributed by atoms with Gasteiger partial charge in [0.1, 0.15) is 18.3 Å². The van der Waals surface area contributed by atoms with Crippen LogP contribution >= 0.6 is 0 Å². The molecule has 1 amide bonds. The van der Waals surface area contributed by atoms with Crippen LogP contribution in [-0.2, 0) is 9.53 Å². The van der Waals surface area contributed by atoms with Crippen molar-refractivity contribution in [3.63, 3.8) is 0 Å². The van der Waals surface area contributed by atoms with Gasteiger partial charge in [-0.25, -0.2) is 0 Å². The number of primary amides is 1. The van der Waals surface area contributed by atoms with E-state index < -0.39 is 36.9 Å². The molecule has 4 atom stereocenters. The summed E-state index contributed by atoms with van der Waals surface area (Å²) in [7, 11) is 0. The van der Waals surface area contributed by atoms with Crippen molar-refractivity contribution in [2.75, 3.05) is 6.61 Å². The Hall–Kier alpha value is -0.690. The molecule has 0 bridgehead atoms. The van der Waals surface area contributed by atoms with Crippen LogP contribution in [0.2, 0.25) is 0 Å². The molecule has 70 valence electrons. The maximum atomic E-state index is 10.6. The predicted octanol–water partition coefficient (Wildman–Crippen LogP) is -3.05. The van der Waals surface area contributed by atoms with Crippen LogP contribution in [-0.4, -0.2) is 52.2 Å². The lowest BCUT2D eigenvalue weighted by atomic mass is 10.1. The number of hydrogen-bond donors (Lipinski definition) is 4. The smallest absolute Gasteiger partial charge is 0.249 e. The minimum atomic E-state index is -1.35. The molecule has 0 spiro atoms. The van der Waals surface area contributed by atoms with Gasteiger partial charge < -0.3 is 25.8 Å². The lowest BCUT2D eigenvalue weighted by molar-refractivity contribution is -0.133. The lowest BCUT2D eigenvalue weighted by Crippen LogP contribution is -2.39. The van der Waals surface area contributed by atoms with Crippen LogP contribution in [0, 0.1) is 0 Å². The molecule has 6 nitrogen and oxygen atoms in total. The molecule has 6 heteroatoms. The second-order valence-electron chi connectivity index (χ2n) is 2.66. The van der Waals surface area contributed by atoms with E-state index in [0.717, 1.165) is 0 Å². The Labute approximate surface area is 68.6 Å². The molecule has 1 unspecified atom stereocenters. The highest BCUT2D eigenvalue weighted by molar-refractivity contribution is 5.80. The molecule has 0 aromatic carbocycles. The number of aliphatic hydroxyl groups excluding tert-OH is 3. The molecule has 0 aromatic heterocycles. The maximum Gasteiger partial charge on any atom is 0.249 e. The van der Waals surface area contributed by atoms with Crippen LogP contribution in [0.5, 0.6) is 0 Å². The Morgan fingerprint density at radius 2 is 2.00 bits per heavy atom. The summed E-state index contributed by atoms with van der Waals surface area (Å²) in [6, 6.07) is 0. The lowest BCUT2D eigenvalue weighted by Gasteiger charge is -2.10. The maximum absolute atomic E-state index is 10.6. The van der Waals surface area contributed by atoms with Crippen molar-refractivity contribution < 1.29 is 24.9 Å². The van der Waals surface area contributed by atoms with Gasteiger partial charge in [-0.1, -0.05) is 0 Å². The van der Waals surface area contributed by atoms with Crippen molar-refractivity contribution in [1.29, 1.82) is 0 Å². The fourth-order valence-corrected chi connectivity index (χ4v) is 1.13. The van der Waals surface area contributed by atoms with Gasteiger partial charge in [-0.05, 0) is 0 Å². The van der Waals surface area contributed by atoms with E-state index in [1.807, 2.05) is 0 Å². The fraction of sp³-hybridized carbons (Fsp3) is 0.833. The van der Waals surface area contributed by atoms with Crippen LogP contribution in [0.15, 0.2) is 0 Å². The predicted molar refractivity (Wildman–Crippen MR) is 37.0 cm³/mol. The Kier molecular flexibility index (Phi) is 2.63. The first kappa shape index (κ1) is 9.40. The normalized spacial score (nSPS) is 41.6. The molecule has 0 saturated carbocycles. The molecule has 0 aliphatic carbocycles. The number of carbonyl (C=O) groups is 1. The molecule has 0 radical (unpaired) electrons. The fourth-order valence-electron chi connectivity index (χ4n) is 1.13. The molecule has 1 heterocycles. The summed E-state index contributed by atoms with van der Waals surface area (Å²) < 4.78 is 4.77. The zero-order valence-electron chi connectivity index (χ0n) is 6.25. The third-order valence-electron chi connectivity index (χ3n) is 1.82. The number of hydrogen-bond acceptors (Lipinski definition) is 5. The Bertz CT molecular complexity index is 185. The second kappa shape index (κ2) is 3.36. The molecular weight excluding hydrogens is 166 g/mol. The first-order valence-corrected chi connectivity index (χ1v) is 3.49. The van der Waals surface area contributed by atoms with Crippen LogP contribution in [0.1, 0.15) is 0 Å². The van der Waals surface area contributed by atoms with Gasteiger partial charge in [0.05, 0.1) is 6.61 Å². The Balaban J connectivity index is 2.66. The Morgan fingerprint density at radius 1 is 1.42 bits per heavy atom. The van der Waals surface area contributed by atoms with Crippen molar-refractivity contribution in [2.45, 2.75) is 24.4 Å².